The summed E-state index contributed by atoms with van der Waals surface area (Å²) in [5.74, 6) is -0.00730. The molecule has 0 aromatic rings. The van der Waals surface area contributed by atoms with Gasteiger partial charge in [-0.1, -0.05) is 13.8 Å². The van der Waals surface area contributed by atoms with Crippen LogP contribution in [0.15, 0.2) is 0 Å². The first-order chi connectivity index (χ1) is 6.45. The summed E-state index contributed by atoms with van der Waals surface area (Å²) < 4.78 is 0. The summed E-state index contributed by atoms with van der Waals surface area (Å²) in [5.41, 5.74) is 5.62. The van der Waals surface area contributed by atoms with Crippen LogP contribution in [0, 0.1) is 5.92 Å². The number of hydrogen-bond donors (Lipinski definition) is 4. The second kappa shape index (κ2) is 6.81. The topological polar surface area (TPSA) is 87.4 Å². The molecule has 14 heavy (non-hydrogen) atoms. The minimum atomic E-state index is -0.550. The molecule has 0 rings (SSSR count). The van der Waals surface area contributed by atoms with Crippen LogP contribution in [0.5, 0.6) is 0 Å². The van der Waals surface area contributed by atoms with Gasteiger partial charge in [0, 0.05) is 13.1 Å². The van der Waals surface area contributed by atoms with Crippen molar-refractivity contribution < 1.29 is 9.82 Å². The third kappa shape index (κ3) is 5.96. The van der Waals surface area contributed by atoms with Crippen LogP contribution < -0.4 is 16.3 Å². The third-order valence-electron chi connectivity index (χ3n) is 1.88. The molecule has 1 amide bonds. The fourth-order valence-electron chi connectivity index (χ4n) is 0.887. The van der Waals surface area contributed by atoms with Gasteiger partial charge in [0.1, 0.15) is 0 Å². The zero-order valence-electron chi connectivity index (χ0n) is 9.08. The molecule has 0 spiro atoms. The molecule has 0 fully saturated rings. The number of hydrogen-bond acceptors (Lipinski definition) is 4. The van der Waals surface area contributed by atoms with E-state index >= 15 is 0 Å². The van der Waals surface area contributed by atoms with E-state index in [1.165, 1.54) is 0 Å². The lowest BCUT2D eigenvalue weighted by molar-refractivity contribution is -0.123. The van der Waals surface area contributed by atoms with Gasteiger partial charge in [-0.15, -0.1) is 0 Å². The molecule has 0 radical (unpaired) electrons. The highest BCUT2D eigenvalue weighted by molar-refractivity contribution is 6.45. The fraction of sp³-hybridized carbons (Fsp3) is 0.875. The Kier molecular flexibility index (Phi) is 6.52. The van der Waals surface area contributed by atoms with Gasteiger partial charge < -0.3 is 21.3 Å². The Labute approximate surface area is 85.6 Å². The third-order valence-corrected chi connectivity index (χ3v) is 1.88. The van der Waals surface area contributed by atoms with Crippen LogP contribution in [0.3, 0.4) is 0 Å². The highest BCUT2D eigenvalue weighted by atomic mass is 16.2. The molecular formula is C8H20BN3O2. The summed E-state index contributed by atoms with van der Waals surface area (Å²) in [4.78, 5) is 11.3. The lowest BCUT2D eigenvalue weighted by atomic mass is 9.89. The van der Waals surface area contributed by atoms with E-state index in [9.17, 15) is 4.79 Å². The van der Waals surface area contributed by atoms with Crippen molar-refractivity contribution in [1.82, 2.24) is 10.5 Å². The molecule has 0 aliphatic rings. The van der Waals surface area contributed by atoms with Crippen LogP contribution in [0.4, 0.5) is 0 Å². The quantitative estimate of drug-likeness (QED) is 0.320. The Balaban J connectivity index is 3.54. The van der Waals surface area contributed by atoms with Crippen molar-refractivity contribution in [3.8, 4) is 0 Å². The van der Waals surface area contributed by atoms with E-state index in [0.29, 0.717) is 13.1 Å². The normalized spacial score (nSPS) is 12.7. The number of amides is 1. The van der Waals surface area contributed by atoms with Gasteiger partial charge in [-0.25, -0.2) is 0 Å². The molecule has 0 aromatic heterocycles. The first-order valence-electron chi connectivity index (χ1n) is 4.90. The summed E-state index contributed by atoms with van der Waals surface area (Å²) in [6, 6.07) is -0.457. The number of carbonyl (C=O) groups is 1. The van der Waals surface area contributed by atoms with E-state index < -0.39 is 13.1 Å². The molecule has 5 N–H and O–H groups in total. The SMILES string of the molecule is CB(O)NCCNC(=O)[C@H](N)C(C)C. The van der Waals surface area contributed by atoms with Gasteiger partial charge in [0.15, 0.2) is 0 Å². The lowest BCUT2D eigenvalue weighted by Crippen LogP contribution is -2.46. The molecule has 6 heteroatoms. The summed E-state index contributed by atoms with van der Waals surface area (Å²) in [5, 5.41) is 14.3. The summed E-state index contributed by atoms with van der Waals surface area (Å²) in [6.45, 7) is 6.44. The van der Waals surface area contributed by atoms with Crippen LogP contribution in [0.2, 0.25) is 6.82 Å². The molecule has 0 heterocycles. The van der Waals surface area contributed by atoms with Gasteiger partial charge >= 0.3 is 7.05 Å². The van der Waals surface area contributed by atoms with Gasteiger partial charge in [0.25, 0.3) is 0 Å². The largest absolute Gasteiger partial charge is 0.437 e. The minimum absolute atomic E-state index is 0.139. The Morgan fingerprint density at radius 3 is 2.50 bits per heavy atom. The minimum Gasteiger partial charge on any atom is -0.437 e. The maximum atomic E-state index is 11.3. The molecule has 0 aromatic carbocycles. The Morgan fingerprint density at radius 1 is 1.50 bits per heavy atom. The zero-order chi connectivity index (χ0) is 11.1. The molecule has 0 saturated carbocycles. The summed E-state index contributed by atoms with van der Waals surface area (Å²) in [7, 11) is -0.550. The molecule has 5 nitrogen and oxygen atoms in total. The molecule has 0 aliphatic carbocycles. The molecule has 0 aliphatic heterocycles. The molecule has 0 saturated heterocycles. The average molecular weight is 201 g/mol. The van der Waals surface area contributed by atoms with Gasteiger partial charge in [0.2, 0.25) is 5.91 Å². The van der Waals surface area contributed by atoms with Crippen LogP contribution in [0.25, 0.3) is 0 Å². The fourth-order valence-corrected chi connectivity index (χ4v) is 0.887. The first kappa shape index (κ1) is 13.4. The summed E-state index contributed by atoms with van der Waals surface area (Å²) >= 11 is 0. The average Bonchev–Trinajstić information content (AvgIpc) is 2.10. The van der Waals surface area contributed by atoms with E-state index in [1.54, 1.807) is 6.82 Å². The number of carbonyl (C=O) groups excluding carboxylic acids is 1. The highest BCUT2D eigenvalue weighted by Crippen LogP contribution is 1.96. The maximum absolute atomic E-state index is 11.3. The van der Waals surface area contributed by atoms with Crippen molar-refractivity contribution in [3.05, 3.63) is 0 Å². The Bertz CT molecular complexity index is 176. The maximum Gasteiger partial charge on any atom is 0.373 e. The van der Waals surface area contributed by atoms with E-state index in [-0.39, 0.29) is 11.8 Å². The van der Waals surface area contributed by atoms with Crippen LogP contribution >= 0.6 is 0 Å². The summed E-state index contributed by atoms with van der Waals surface area (Å²) in [6.07, 6.45) is 0. The second-order valence-corrected chi connectivity index (χ2v) is 3.69. The number of rotatable bonds is 6. The van der Waals surface area contributed by atoms with E-state index in [2.05, 4.69) is 10.5 Å². The number of nitrogens with two attached hydrogens (primary N) is 1. The number of nitrogens with one attached hydrogen (secondary N) is 2. The standard InChI is InChI=1S/C8H20BN3O2/c1-6(2)7(10)8(13)11-4-5-12-9(3)14/h6-7,12,14H,4-5,10H2,1-3H3,(H,11,13)/t7-/m1/s1. The van der Waals surface area contributed by atoms with Crippen molar-refractivity contribution in [2.45, 2.75) is 26.7 Å². The van der Waals surface area contributed by atoms with Crippen LogP contribution in [0.1, 0.15) is 13.8 Å². The smallest absolute Gasteiger partial charge is 0.373 e. The van der Waals surface area contributed by atoms with Crippen molar-refractivity contribution in [1.29, 1.82) is 0 Å². The van der Waals surface area contributed by atoms with Crippen molar-refractivity contribution >= 4 is 13.0 Å². The lowest BCUT2D eigenvalue weighted by Gasteiger charge is -2.15. The van der Waals surface area contributed by atoms with Crippen molar-refractivity contribution in [2.75, 3.05) is 13.1 Å². The van der Waals surface area contributed by atoms with E-state index in [0.717, 1.165) is 0 Å². The monoisotopic (exact) mass is 201 g/mol. The van der Waals surface area contributed by atoms with Crippen molar-refractivity contribution in [3.63, 3.8) is 0 Å². The second-order valence-electron chi connectivity index (χ2n) is 3.69. The van der Waals surface area contributed by atoms with Gasteiger partial charge in [-0.3, -0.25) is 4.79 Å². The van der Waals surface area contributed by atoms with Crippen LogP contribution in [-0.2, 0) is 4.79 Å². The molecular weight excluding hydrogens is 181 g/mol. The molecule has 0 unspecified atom stereocenters. The van der Waals surface area contributed by atoms with Crippen molar-refractivity contribution in [2.24, 2.45) is 11.7 Å². The molecule has 82 valence electrons. The Hall–Kier alpha value is -0.585. The van der Waals surface area contributed by atoms with E-state index in [1.807, 2.05) is 13.8 Å². The zero-order valence-corrected chi connectivity index (χ0v) is 9.08. The first-order valence-corrected chi connectivity index (χ1v) is 4.90. The predicted octanol–water partition coefficient (Wildman–Crippen LogP) is -1.21. The van der Waals surface area contributed by atoms with Gasteiger partial charge in [-0.05, 0) is 12.7 Å². The Morgan fingerprint density at radius 2 is 2.07 bits per heavy atom. The van der Waals surface area contributed by atoms with Gasteiger partial charge in [-0.2, -0.15) is 0 Å². The predicted molar refractivity (Wildman–Crippen MR) is 57.7 cm³/mol. The van der Waals surface area contributed by atoms with Crippen LogP contribution in [-0.4, -0.2) is 37.1 Å². The molecule has 1 atom stereocenters. The van der Waals surface area contributed by atoms with E-state index in [4.69, 9.17) is 10.8 Å². The highest BCUT2D eigenvalue weighted by Gasteiger charge is 2.16. The molecule has 0 bridgehead atoms. The van der Waals surface area contributed by atoms with Gasteiger partial charge in [0.05, 0.1) is 6.04 Å².